The molecular weight excluding hydrogens is 423 g/mol. The number of hydrogen-bond donors (Lipinski definition) is 2. The molecule has 0 saturated heterocycles. The molecule has 0 aliphatic carbocycles. The molecule has 0 unspecified atom stereocenters. The second kappa shape index (κ2) is 10.8. The standard InChI is InChI=1S/C22H24ClFN4O3/c1-30-21(29)6-4-2-3-5-9-31-20-12-19-15(11-18(20)25)22(27-13-26-19)28-14-7-8-17(24)16(23)10-14/h7-8,10-13H,2-6,9,25H2,1H3,(H,26,27,28). The predicted molar refractivity (Wildman–Crippen MR) is 119 cm³/mol. The number of carbonyl (C=O) groups is 1. The van der Waals surface area contributed by atoms with Crippen molar-refractivity contribution in [2.75, 3.05) is 24.8 Å². The van der Waals surface area contributed by atoms with E-state index in [1.165, 1.54) is 25.6 Å². The first-order chi connectivity index (χ1) is 15.0. The van der Waals surface area contributed by atoms with E-state index in [4.69, 9.17) is 22.1 Å². The van der Waals surface area contributed by atoms with E-state index in [2.05, 4.69) is 20.0 Å². The molecule has 0 bridgehead atoms. The smallest absolute Gasteiger partial charge is 0.305 e. The lowest BCUT2D eigenvalue weighted by molar-refractivity contribution is -0.140. The van der Waals surface area contributed by atoms with Gasteiger partial charge in [-0.1, -0.05) is 24.4 Å². The Kier molecular flexibility index (Phi) is 7.83. The maximum absolute atomic E-state index is 13.4. The van der Waals surface area contributed by atoms with Crippen LogP contribution in [0.25, 0.3) is 10.9 Å². The first kappa shape index (κ1) is 22.6. The van der Waals surface area contributed by atoms with Crippen LogP contribution in [0.5, 0.6) is 5.75 Å². The average molecular weight is 447 g/mol. The van der Waals surface area contributed by atoms with Crippen molar-refractivity contribution in [2.24, 2.45) is 0 Å². The van der Waals surface area contributed by atoms with Crippen molar-refractivity contribution in [2.45, 2.75) is 32.1 Å². The fourth-order valence-corrected chi connectivity index (χ4v) is 3.23. The van der Waals surface area contributed by atoms with Gasteiger partial charge in [-0.25, -0.2) is 14.4 Å². The highest BCUT2D eigenvalue weighted by atomic mass is 35.5. The molecule has 7 nitrogen and oxygen atoms in total. The van der Waals surface area contributed by atoms with Crippen LogP contribution < -0.4 is 15.8 Å². The monoisotopic (exact) mass is 446 g/mol. The third kappa shape index (κ3) is 6.18. The maximum atomic E-state index is 13.4. The zero-order valence-corrected chi connectivity index (χ0v) is 17.9. The van der Waals surface area contributed by atoms with Gasteiger partial charge in [0.25, 0.3) is 0 Å². The summed E-state index contributed by atoms with van der Waals surface area (Å²) in [6.07, 6.45) is 5.39. The number of nitrogens with one attached hydrogen (secondary N) is 1. The molecule has 0 spiro atoms. The van der Waals surface area contributed by atoms with E-state index < -0.39 is 5.82 Å². The predicted octanol–water partition coefficient (Wildman–Crippen LogP) is 5.25. The molecule has 164 valence electrons. The molecule has 9 heteroatoms. The summed E-state index contributed by atoms with van der Waals surface area (Å²) in [6, 6.07) is 7.85. The van der Waals surface area contributed by atoms with Crippen molar-refractivity contribution >= 4 is 45.7 Å². The Morgan fingerprint density at radius 2 is 1.97 bits per heavy atom. The molecular formula is C22H24ClFN4O3. The number of carbonyl (C=O) groups excluding carboxylic acids is 1. The minimum absolute atomic E-state index is 0.0175. The lowest BCUT2D eigenvalue weighted by Gasteiger charge is -2.13. The average Bonchev–Trinajstić information content (AvgIpc) is 2.76. The van der Waals surface area contributed by atoms with Gasteiger partial charge in [0, 0.05) is 23.6 Å². The number of nitrogen functional groups attached to an aromatic ring is 1. The number of ether oxygens (including phenoxy) is 2. The zero-order valence-electron chi connectivity index (χ0n) is 17.2. The van der Waals surface area contributed by atoms with Crippen molar-refractivity contribution in [3.8, 4) is 5.75 Å². The Balaban J connectivity index is 1.61. The van der Waals surface area contributed by atoms with Gasteiger partial charge in [-0.2, -0.15) is 0 Å². The van der Waals surface area contributed by atoms with E-state index in [0.29, 0.717) is 46.9 Å². The third-order valence-corrected chi connectivity index (χ3v) is 5.00. The summed E-state index contributed by atoms with van der Waals surface area (Å²) in [5.41, 5.74) is 7.89. The Labute approximate surface area is 184 Å². The normalized spacial score (nSPS) is 10.8. The molecule has 0 amide bonds. The third-order valence-electron chi connectivity index (χ3n) is 4.71. The van der Waals surface area contributed by atoms with Gasteiger partial charge in [-0.3, -0.25) is 4.79 Å². The molecule has 0 aliphatic heterocycles. The summed E-state index contributed by atoms with van der Waals surface area (Å²) < 4.78 is 23.8. The van der Waals surface area contributed by atoms with E-state index in [9.17, 15) is 9.18 Å². The van der Waals surface area contributed by atoms with Crippen molar-refractivity contribution in [3.63, 3.8) is 0 Å². The van der Waals surface area contributed by atoms with Crippen LogP contribution in [0.3, 0.4) is 0 Å². The topological polar surface area (TPSA) is 99.4 Å². The molecule has 0 atom stereocenters. The van der Waals surface area contributed by atoms with Gasteiger partial charge in [-0.15, -0.1) is 0 Å². The number of halogens is 2. The summed E-state index contributed by atoms with van der Waals surface area (Å²) in [7, 11) is 1.40. The highest BCUT2D eigenvalue weighted by Crippen LogP contribution is 2.32. The van der Waals surface area contributed by atoms with E-state index in [-0.39, 0.29) is 11.0 Å². The van der Waals surface area contributed by atoms with Gasteiger partial charge < -0.3 is 20.5 Å². The van der Waals surface area contributed by atoms with E-state index >= 15 is 0 Å². The van der Waals surface area contributed by atoms with Crippen LogP contribution in [-0.2, 0) is 9.53 Å². The highest BCUT2D eigenvalue weighted by Gasteiger charge is 2.10. The minimum Gasteiger partial charge on any atom is -0.491 e. The Morgan fingerprint density at radius 3 is 2.74 bits per heavy atom. The number of aromatic nitrogens is 2. The SMILES string of the molecule is COC(=O)CCCCCCOc1cc2ncnc(Nc3ccc(F)c(Cl)c3)c2cc1N. The first-order valence-electron chi connectivity index (χ1n) is 9.94. The fraction of sp³-hybridized carbons (Fsp3) is 0.318. The molecule has 2 aromatic carbocycles. The van der Waals surface area contributed by atoms with Crippen LogP contribution in [0.15, 0.2) is 36.7 Å². The second-order valence-corrected chi connectivity index (χ2v) is 7.38. The molecule has 0 fully saturated rings. The van der Waals surface area contributed by atoms with Crippen molar-refractivity contribution in [1.82, 2.24) is 9.97 Å². The summed E-state index contributed by atoms with van der Waals surface area (Å²) in [5.74, 6) is 0.404. The van der Waals surface area contributed by atoms with Crippen LogP contribution >= 0.6 is 11.6 Å². The van der Waals surface area contributed by atoms with Gasteiger partial charge in [-0.05, 0) is 37.1 Å². The van der Waals surface area contributed by atoms with Crippen LogP contribution in [0, 0.1) is 5.82 Å². The largest absolute Gasteiger partial charge is 0.491 e. The minimum atomic E-state index is -0.491. The number of nitrogens with two attached hydrogens (primary N) is 1. The van der Waals surface area contributed by atoms with Crippen LogP contribution in [0.2, 0.25) is 5.02 Å². The second-order valence-electron chi connectivity index (χ2n) is 6.97. The fourth-order valence-electron chi connectivity index (χ4n) is 3.05. The first-order valence-corrected chi connectivity index (χ1v) is 10.3. The number of rotatable bonds is 10. The van der Waals surface area contributed by atoms with Crippen LogP contribution in [0.1, 0.15) is 32.1 Å². The zero-order chi connectivity index (χ0) is 22.2. The molecule has 1 heterocycles. The number of hydrogen-bond acceptors (Lipinski definition) is 7. The molecule has 31 heavy (non-hydrogen) atoms. The molecule has 3 aromatic rings. The number of benzene rings is 2. The van der Waals surface area contributed by atoms with E-state index in [1.807, 2.05) is 0 Å². The molecule has 0 saturated carbocycles. The van der Waals surface area contributed by atoms with Crippen molar-refractivity contribution in [3.05, 3.63) is 47.5 Å². The van der Waals surface area contributed by atoms with Gasteiger partial charge in [0.15, 0.2) is 0 Å². The molecule has 1 aromatic heterocycles. The number of nitrogens with zero attached hydrogens (tertiary/aromatic N) is 2. The van der Waals surface area contributed by atoms with Crippen molar-refractivity contribution in [1.29, 1.82) is 0 Å². The Bertz CT molecular complexity index is 1060. The van der Waals surface area contributed by atoms with Crippen LogP contribution in [-0.4, -0.2) is 29.7 Å². The van der Waals surface area contributed by atoms with E-state index in [1.54, 1.807) is 18.2 Å². The number of methoxy groups -OCH3 is 1. The summed E-state index contributed by atoms with van der Waals surface area (Å²) >= 11 is 5.85. The summed E-state index contributed by atoms with van der Waals surface area (Å²) in [5, 5.41) is 3.84. The Morgan fingerprint density at radius 1 is 1.16 bits per heavy atom. The Hall–Kier alpha value is -3.13. The lowest BCUT2D eigenvalue weighted by atomic mass is 10.1. The number of anilines is 3. The highest BCUT2D eigenvalue weighted by molar-refractivity contribution is 6.31. The number of unbranched alkanes of at least 4 members (excludes halogenated alkanes) is 3. The van der Waals surface area contributed by atoms with Crippen molar-refractivity contribution < 1.29 is 18.7 Å². The van der Waals surface area contributed by atoms with Gasteiger partial charge in [0.2, 0.25) is 0 Å². The number of esters is 1. The molecule has 0 radical (unpaired) electrons. The van der Waals surface area contributed by atoms with E-state index in [0.717, 1.165) is 25.7 Å². The maximum Gasteiger partial charge on any atom is 0.305 e. The molecule has 0 aliphatic rings. The van der Waals surface area contributed by atoms with Crippen LogP contribution in [0.4, 0.5) is 21.6 Å². The van der Waals surface area contributed by atoms with Gasteiger partial charge >= 0.3 is 5.97 Å². The molecule has 3 rings (SSSR count). The number of fused-ring (bicyclic) bond motifs is 1. The summed E-state index contributed by atoms with van der Waals surface area (Å²) in [4.78, 5) is 19.6. The summed E-state index contributed by atoms with van der Waals surface area (Å²) in [6.45, 7) is 0.512. The quantitative estimate of drug-likeness (QED) is 0.249. The van der Waals surface area contributed by atoms with Gasteiger partial charge in [0.05, 0.1) is 29.9 Å². The van der Waals surface area contributed by atoms with Gasteiger partial charge in [0.1, 0.15) is 23.7 Å². The lowest BCUT2D eigenvalue weighted by Crippen LogP contribution is -2.03. The molecule has 3 N–H and O–H groups in total.